The largest absolute Gasteiger partial charge is 0.464 e. The van der Waals surface area contributed by atoms with Crippen LogP contribution < -0.4 is 10.6 Å². The van der Waals surface area contributed by atoms with Gasteiger partial charge in [-0.3, -0.25) is 0 Å². The van der Waals surface area contributed by atoms with Crippen LogP contribution in [0.2, 0.25) is 0 Å². The molecular weight excluding hydrogens is 232 g/mol. The average molecular weight is 250 g/mol. The van der Waals surface area contributed by atoms with Gasteiger partial charge in [-0.2, -0.15) is 4.98 Å². The number of anilines is 2. The Morgan fingerprint density at radius 3 is 3.17 bits per heavy atom. The lowest BCUT2D eigenvalue weighted by Crippen LogP contribution is -2.46. The number of nitrogens with two attached hydrogens (primary N) is 1. The van der Waals surface area contributed by atoms with Crippen LogP contribution in [0.25, 0.3) is 0 Å². The minimum absolute atomic E-state index is 0.205. The zero-order valence-electron chi connectivity index (χ0n) is 10.5. The Hall–Kier alpha value is -1.85. The van der Waals surface area contributed by atoms with Crippen molar-refractivity contribution in [2.24, 2.45) is 0 Å². The van der Waals surface area contributed by atoms with Crippen molar-refractivity contribution in [3.8, 4) is 0 Å². The van der Waals surface area contributed by atoms with E-state index in [2.05, 4.69) is 9.97 Å². The molecule has 1 aliphatic heterocycles. The lowest BCUT2D eigenvalue weighted by Gasteiger charge is -2.33. The molecule has 0 saturated carbocycles. The van der Waals surface area contributed by atoms with Crippen LogP contribution in [-0.2, 0) is 9.53 Å². The zero-order chi connectivity index (χ0) is 13.0. The Labute approximate surface area is 106 Å². The minimum Gasteiger partial charge on any atom is -0.464 e. The topological polar surface area (TPSA) is 81.3 Å². The SMILES string of the molecule is CCOC(=O)C1CCCCN1c1nccc(N)n1. The van der Waals surface area contributed by atoms with E-state index < -0.39 is 0 Å². The molecule has 2 rings (SSSR count). The Morgan fingerprint density at radius 2 is 2.44 bits per heavy atom. The van der Waals surface area contributed by atoms with Gasteiger partial charge in [-0.1, -0.05) is 0 Å². The summed E-state index contributed by atoms with van der Waals surface area (Å²) in [6.45, 7) is 2.95. The maximum absolute atomic E-state index is 11.9. The summed E-state index contributed by atoms with van der Waals surface area (Å²) < 4.78 is 5.10. The van der Waals surface area contributed by atoms with Crippen LogP contribution in [0.3, 0.4) is 0 Å². The first-order valence-electron chi connectivity index (χ1n) is 6.24. The van der Waals surface area contributed by atoms with Crippen molar-refractivity contribution in [1.82, 2.24) is 9.97 Å². The number of nitrogen functional groups attached to an aromatic ring is 1. The fourth-order valence-corrected chi connectivity index (χ4v) is 2.15. The lowest BCUT2D eigenvalue weighted by atomic mass is 10.0. The molecule has 1 atom stereocenters. The van der Waals surface area contributed by atoms with Crippen molar-refractivity contribution in [1.29, 1.82) is 0 Å². The monoisotopic (exact) mass is 250 g/mol. The van der Waals surface area contributed by atoms with Crippen LogP contribution in [0.15, 0.2) is 12.3 Å². The van der Waals surface area contributed by atoms with Crippen molar-refractivity contribution < 1.29 is 9.53 Å². The number of carbonyl (C=O) groups excluding carboxylic acids is 1. The molecular formula is C12H18N4O2. The number of rotatable bonds is 3. The Bertz CT molecular complexity index is 424. The summed E-state index contributed by atoms with van der Waals surface area (Å²) in [6, 6.07) is 1.34. The molecule has 2 heterocycles. The van der Waals surface area contributed by atoms with Crippen LogP contribution in [-0.4, -0.2) is 35.1 Å². The second kappa shape index (κ2) is 5.66. The highest BCUT2D eigenvalue weighted by molar-refractivity contribution is 5.79. The molecule has 0 aliphatic carbocycles. The van der Waals surface area contributed by atoms with Crippen LogP contribution in [0.4, 0.5) is 11.8 Å². The first-order chi connectivity index (χ1) is 8.72. The molecule has 0 radical (unpaired) electrons. The van der Waals surface area contributed by atoms with Crippen LogP contribution >= 0.6 is 0 Å². The number of aromatic nitrogens is 2. The number of hydrogen-bond donors (Lipinski definition) is 1. The summed E-state index contributed by atoms with van der Waals surface area (Å²) in [4.78, 5) is 22.2. The third-order valence-electron chi connectivity index (χ3n) is 2.98. The van der Waals surface area contributed by atoms with Gasteiger partial charge in [0.1, 0.15) is 11.9 Å². The van der Waals surface area contributed by atoms with Gasteiger partial charge in [0, 0.05) is 12.7 Å². The third-order valence-corrected chi connectivity index (χ3v) is 2.98. The van der Waals surface area contributed by atoms with E-state index in [0.29, 0.717) is 18.4 Å². The van der Waals surface area contributed by atoms with Crippen molar-refractivity contribution in [3.63, 3.8) is 0 Å². The standard InChI is InChI=1S/C12H18N4O2/c1-2-18-11(17)9-5-3-4-8-16(9)12-14-7-6-10(13)15-12/h6-7,9H,2-5,8H2,1H3,(H2,13,14,15). The van der Waals surface area contributed by atoms with Crippen LogP contribution in [0, 0.1) is 0 Å². The van der Waals surface area contributed by atoms with Gasteiger partial charge in [-0.05, 0) is 32.3 Å². The van der Waals surface area contributed by atoms with E-state index in [1.165, 1.54) is 0 Å². The normalized spacial score (nSPS) is 19.6. The highest BCUT2D eigenvalue weighted by Gasteiger charge is 2.31. The molecule has 1 saturated heterocycles. The minimum atomic E-state index is -0.291. The Balaban J connectivity index is 2.20. The molecule has 98 valence electrons. The van der Waals surface area contributed by atoms with Gasteiger partial charge in [0.05, 0.1) is 6.61 Å². The highest BCUT2D eigenvalue weighted by atomic mass is 16.5. The lowest BCUT2D eigenvalue weighted by molar-refractivity contribution is -0.145. The van der Waals surface area contributed by atoms with Crippen molar-refractivity contribution in [2.45, 2.75) is 32.2 Å². The van der Waals surface area contributed by atoms with Gasteiger partial charge in [0.25, 0.3) is 0 Å². The molecule has 1 aliphatic rings. The zero-order valence-corrected chi connectivity index (χ0v) is 10.5. The highest BCUT2D eigenvalue weighted by Crippen LogP contribution is 2.22. The van der Waals surface area contributed by atoms with Gasteiger partial charge in [0.2, 0.25) is 5.95 Å². The van der Waals surface area contributed by atoms with Gasteiger partial charge in [-0.15, -0.1) is 0 Å². The van der Waals surface area contributed by atoms with Crippen LogP contribution in [0.1, 0.15) is 26.2 Å². The predicted molar refractivity (Wildman–Crippen MR) is 68.1 cm³/mol. The molecule has 6 nitrogen and oxygen atoms in total. The molecule has 2 N–H and O–H groups in total. The fourth-order valence-electron chi connectivity index (χ4n) is 2.15. The average Bonchev–Trinajstić information content (AvgIpc) is 2.39. The molecule has 0 aromatic carbocycles. The van der Waals surface area contributed by atoms with E-state index in [1.807, 2.05) is 11.8 Å². The number of nitrogens with zero attached hydrogens (tertiary/aromatic N) is 3. The fraction of sp³-hybridized carbons (Fsp3) is 0.583. The Morgan fingerprint density at radius 1 is 1.61 bits per heavy atom. The van der Waals surface area contributed by atoms with Crippen molar-refractivity contribution in [3.05, 3.63) is 12.3 Å². The number of piperidine rings is 1. The second-order valence-corrected chi connectivity index (χ2v) is 4.24. The van der Waals surface area contributed by atoms with E-state index in [1.54, 1.807) is 12.3 Å². The summed E-state index contributed by atoms with van der Waals surface area (Å²) in [5, 5.41) is 0. The summed E-state index contributed by atoms with van der Waals surface area (Å²) in [5.41, 5.74) is 5.65. The molecule has 18 heavy (non-hydrogen) atoms. The molecule has 0 amide bonds. The molecule has 6 heteroatoms. The van der Waals surface area contributed by atoms with Gasteiger partial charge in [-0.25, -0.2) is 9.78 Å². The van der Waals surface area contributed by atoms with Crippen LogP contribution in [0.5, 0.6) is 0 Å². The molecule has 1 aromatic heterocycles. The summed E-state index contributed by atoms with van der Waals surface area (Å²) >= 11 is 0. The quantitative estimate of drug-likeness (QED) is 0.805. The summed E-state index contributed by atoms with van der Waals surface area (Å²) in [5.74, 6) is 0.712. The van der Waals surface area contributed by atoms with Gasteiger partial charge >= 0.3 is 5.97 Å². The van der Waals surface area contributed by atoms with E-state index in [9.17, 15) is 4.79 Å². The summed E-state index contributed by atoms with van der Waals surface area (Å²) in [6.07, 6.45) is 4.42. The first-order valence-corrected chi connectivity index (χ1v) is 6.24. The van der Waals surface area contributed by atoms with E-state index in [-0.39, 0.29) is 12.0 Å². The molecule has 0 bridgehead atoms. The molecule has 0 spiro atoms. The Kier molecular flexibility index (Phi) is 3.96. The van der Waals surface area contributed by atoms with E-state index in [0.717, 1.165) is 25.8 Å². The predicted octanol–water partition coefficient (Wildman–Crippen LogP) is 0.981. The van der Waals surface area contributed by atoms with Crippen molar-refractivity contribution in [2.75, 3.05) is 23.8 Å². The maximum Gasteiger partial charge on any atom is 0.328 e. The van der Waals surface area contributed by atoms with Gasteiger partial charge in [0.15, 0.2) is 0 Å². The number of esters is 1. The van der Waals surface area contributed by atoms with E-state index >= 15 is 0 Å². The smallest absolute Gasteiger partial charge is 0.328 e. The number of hydrogen-bond acceptors (Lipinski definition) is 6. The number of ether oxygens (including phenoxy) is 1. The molecule has 1 fully saturated rings. The third kappa shape index (κ3) is 2.69. The maximum atomic E-state index is 11.9. The number of carbonyl (C=O) groups is 1. The molecule has 1 aromatic rings. The van der Waals surface area contributed by atoms with Crippen molar-refractivity contribution >= 4 is 17.7 Å². The molecule has 1 unspecified atom stereocenters. The first kappa shape index (κ1) is 12.6. The van der Waals surface area contributed by atoms with E-state index in [4.69, 9.17) is 10.5 Å². The summed E-state index contributed by atoms with van der Waals surface area (Å²) in [7, 11) is 0. The van der Waals surface area contributed by atoms with Gasteiger partial charge < -0.3 is 15.4 Å². The second-order valence-electron chi connectivity index (χ2n) is 4.24.